The molecule has 2 aromatic rings. The van der Waals surface area contributed by atoms with Crippen LogP contribution in [0.3, 0.4) is 0 Å². The minimum absolute atomic E-state index is 0. The summed E-state index contributed by atoms with van der Waals surface area (Å²) in [6.07, 6.45) is -8.64. The van der Waals surface area contributed by atoms with E-state index in [0.29, 0.717) is 5.06 Å². The Hall–Kier alpha value is -1.49. The summed E-state index contributed by atoms with van der Waals surface area (Å²) in [5.74, 6) is -1.51. The first-order valence-electron chi connectivity index (χ1n) is 7.96. The van der Waals surface area contributed by atoms with E-state index in [4.69, 9.17) is 9.84 Å². The van der Waals surface area contributed by atoms with Crippen LogP contribution in [0.2, 0.25) is 0 Å². The molecule has 0 aliphatic carbocycles. The Morgan fingerprint density at radius 3 is 1.96 bits per heavy atom. The normalized spacial score (nSPS) is 27.5. The molecule has 1 fully saturated rings. The van der Waals surface area contributed by atoms with Crippen LogP contribution >= 0.6 is 0 Å². The molecule has 1 aliphatic rings. The number of hydroxylamine groups is 1. The minimum atomic E-state index is -1.81. The minimum Gasteiger partial charge on any atom is -0.479 e. The van der Waals surface area contributed by atoms with Crippen molar-refractivity contribution < 1.29 is 35.2 Å². The van der Waals surface area contributed by atoms with Gasteiger partial charge in [-0.2, -0.15) is 0 Å². The van der Waals surface area contributed by atoms with E-state index in [1.807, 2.05) is 30.3 Å². The van der Waals surface area contributed by atoms with Crippen LogP contribution in [0.5, 0.6) is 0 Å². The second kappa shape index (κ2) is 9.13. The van der Waals surface area contributed by atoms with E-state index in [0.717, 1.165) is 11.1 Å². The summed E-state index contributed by atoms with van der Waals surface area (Å²) in [6.45, 7) is 0. The molecular weight excluding hydrogens is 365 g/mol. The van der Waals surface area contributed by atoms with Crippen LogP contribution in [0, 0.1) is 0 Å². The van der Waals surface area contributed by atoms with Crippen molar-refractivity contribution in [2.45, 2.75) is 30.6 Å². The molecule has 1 aliphatic heterocycles. The van der Waals surface area contributed by atoms with Crippen LogP contribution in [0.25, 0.3) is 11.1 Å². The smallest absolute Gasteiger partial charge is 0.335 e. The van der Waals surface area contributed by atoms with Crippen molar-refractivity contribution in [3.05, 3.63) is 54.6 Å². The fourth-order valence-electron chi connectivity index (χ4n) is 2.85. The summed E-state index contributed by atoms with van der Waals surface area (Å²) in [7, 11) is 0. The average molecular weight is 384 g/mol. The predicted octanol–water partition coefficient (Wildman–Crippen LogP) is 0.0606. The molecule has 1 radical (unpaired) electrons. The SMILES string of the molecule is O=C(O)[C@H]1O[C@@H](N(O)c2ccc(-c3ccccc3)cc2)[C@H](O)[C@@H](O)[C@@H]1O.[Na]. The Morgan fingerprint density at radius 2 is 1.41 bits per heavy atom. The third-order valence-corrected chi connectivity index (χ3v) is 4.31. The van der Waals surface area contributed by atoms with E-state index in [2.05, 4.69) is 0 Å². The van der Waals surface area contributed by atoms with Crippen molar-refractivity contribution in [3.63, 3.8) is 0 Å². The molecule has 0 unspecified atom stereocenters. The molecule has 9 heteroatoms. The number of ether oxygens (including phenoxy) is 1. The second-order valence-corrected chi connectivity index (χ2v) is 6.01. The van der Waals surface area contributed by atoms with E-state index >= 15 is 0 Å². The zero-order chi connectivity index (χ0) is 18.8. The number of nitrogens with zero attached hydrogens (tertiary/aromatic N) is 1. The fourth-order valence-corrected chi connectivity index (χ4v) is 2.85. The van der Waals surface area contributed by atoms with Gasteiger partial charge in [0.1, 0.15) is 18.3 Å². The summed E-state index contributed by atoms with van der Waals surface area (Å²) >= 11 is 0. The molecule has 0 aromatic heterocycles. The fraction of sp³-hybridized carbons (Fsp3) is 0.278. The molecule has 139 valence electrons. The first-order valence-corrected chi connectivity index (χ1v) is 7.96. The number of hydrogen-bond donors (Lipinski definition) is 5. The van der Waals surface area contributed by atoms with Gasteiger partial charge in [-0.3, -0.25) is 5.21 Å². The Bertz CT molecular complexity index is 758. The molecule has 1 heterocycles. The number of benzene rings is 2. The number of aliphatic carboxylic acids is 1. The monoisotopic (exact) mass is 384 g/mol. The average Bonchev–Trinajstić information content (AvgIpc) is 2.66. The Kier molecular flexibility index (Phi) is 7.38. The summed E-state index contributed by atoms with van der Waals surface area (Å²) in [4.78, 5) is 11.1. The van der Waals surface area contributed by atoms with Gasteiger partial charge in [-0.25, -0.2) is 9.86 Å². The standard InChI is InChI=1S/C18H19NO7.Na/c20-13-14(21)16(18(23)24)26-17(15(13)22)19(25)12-8-6-11(7-9-12)10-4-2-1-3-5-10;/h1-9,13-17,20-22,25H,(H,23,24);/t13-,14-,15+,16-,17+;/m0./s1. The zero-order valence-corrected chi connectivity index (χ0v) is 16.6. The van der Waals surface area contributed by atoms with Crippen LogP contribution in [0.4, 0.5) is 5.69 Å². The van der Waals surface area contributed by atoms with Gasteiger partial charge in [0.2, 0.25) is 0 Å². The quantitative estimate of drug-likeness (QED) is 0.370. The molecule has 0 bridgehead atoms. The number of aliphatic hydroxyl groups excluding tert-OH is 3. The molecule has 1 saturated heterocycles. The number of hydrogen-bond acceptors (Lipinski definition) is 7. The predicted molar refractivity (Wildman–Crippen MR) is 96.2 cm³/mol. The maximum atomic E-state index is 11.1. The van der Waals surface area contributed by atoms with Crippen LogP contribution < -0.4 is 5.06 Å². The Balaban J connectivity index is 0.00000261. The zero-order valence-electron chi connectivity index (χ0n) is 14.6. The second-order valence-electron chi connectivity index (χ2n) is 6.01. The molecular formula is C18H19NNaO7. The van der Waals surface area contributed by atoms with E-state index < -0.39 is 36.6 Å². The van der Waals surface area contributed by atoms with Crippen LogP contribution in [-0.2, 0) is 9.53 Å². The van der Waals surface area contributed by atoms with Gasteiger partial charge in [0, 0.05) is 29.6 Å². The van der Waals surface area contributed by atoms with Crippen molar-refractivity contribution in [3.8, 4) is 11.1 Å². The first-order chi connectivity index (χ1) is 12.4. The summed E-state index contributed by atoms with van der Waals surface area (Å²) in [5, 5.41) is 49.5. The van der Waals surface area contributed by atoms with Crippen LogP contribution in [-0.4, -0.2) is 91.8 Å². The molecule has 0 spiro atoms. The molecule has 5 N–H and O–H groups in total. The number of anilines is 1. The molecule has 5 atom stereocenters. The van der Waals surface area contributed by atoms with Gasteiger partial charge in [-0.15, -0.1) is 0 Å². The van der Waals surface area contributed by atoms with Gasteiger partial charge in [0.25, 0.3) is 0 Å². The summed E-state index contributed by atoms with van der Waals surface area (Å²) < 4.78 is 5.09. The van der Waals surface area contributed by atoms with Crippen molar-refractivity contribution in [2.24, 2.45) is 0 Å². The largest absolute Gasteiger partial charge is 0.479 e. The molecule has 2 aromatic carbocycles. The van der Waals surface area contributed by atoms with Gasteiger partial charge in [-0.05, 0) is 23.3 Å². The van der Waals surface area contributed by atoms with E-state index in [-0.39, 0.29) is 35.2 Å². The van der Waals surface area contributed by atoms with Crippen LogP contribution in [0.15, 0.2) is 54.6 Å². The topological polar surface area (TPSA) is 131 Å². The molecule has 0 saturated carbocycles. The van der Waals surface area contributed by atoms with E-state index in [1.54, 1.807) is 24.3 Å². The van der Waals surface area contributed by atoms with Gasteiger partial charge in [0.15, 0.2) is 12.3 Å². The molecule has 3 rings (SSSR count). The summed E-state index contributed by atoms with van der Waals surface area (Å²) in [5.41, 5.74) is 2.09. The van der Waals surface area contributed by atoms with Crippen molar-refractivity contribution in [1.29, 1.82) is 0 Å². The first kappa shape index (κ1) is 21.8. The Labute approximate surface area is 177 Å². The molecule has 27 heavy (non-hydrogen) atoms. The third kappa shape index (κ3) is 4.50. The van der Waals surface area contributed by atoms with Gasteiger partial charge in [-0.1, -0.05) is 42.5 Å². The van der Waals surface area contributed by atoms with Gasteiger partial charge in [0.05, 0.1) is 5.69 Å². The summed E-state index contributed by atoms with van der Waals surface area (Å²) in [6, 6.07) is 16.1. The number of aliphatic hydroxyl groups is 3. The maximum absolute atomic E-state index is 11.1. The van der Waals surface area contributed by atoms with Gasteiger partial charge < -0.3 is 25.2 Å². The van der Waals surface area contributed by atoms with Crippen LogP contribution in [0.1, 0.15) is 0 Å². The number of rotatable bonds is 4. The van der Waals surface area contributed by atoms with Crippen molar-refractivity contribution in [2.75, 3.05) is 5.06 Å². The molecule has 8 nitrogen and oxygen atoms in total. The van der Waals surface area contributed by atoms with E-state index in [1.165, 1.54) is 0 Å². The maximum Gasteiger partial charge on any atom is 0.335 e. The molecule has 0 amide bonds. The van der Waals surface area contributed by atoms with E-state index in [9.17, 15) is 25.3 Å². The number of carbonyl (C=O) groups is 1. The van der Waals surface area contributed by atoms with Gasteiger partial charge >= 0.3 is 5.97 Å². The van der Waals surface area contributed by atoms with Crippen molar-refractivity contribution >= 4 is 41.2 Å². The third-order valence-electron chi connectivity index (χ3n) is 4.31. The Morgan fingerprint density at radius 1 is 0.852 bits per heavy atom. The number of carboxylic acids is 1. The number of carboxylic acid groups (broad SMARTS) is 1. The van der Waals surface area contributed by atoms with Crippen molar-refractivity contribution in [1.82, 2.24) is 0 Å².